The van der Waals surface area contributed by atoms with Crippen LogP contribution in [0, 0.1) is 0 Å². The largest absolute Gasteiger partial charge is 0.295 e. The average molecular weight is 202 g/mol. The molecule has 80 valence electrons. The zero-order chi connectivity index (χ0) is 11.2. The number of hydrogen-bond donors (Lipinski definition) is 0. The molecule has 15 heavy (non-hydrogen) atoms. The number of rotatable bonds is 1. The van der Waals surface area contributed by atoms with Crippen molar-refractivity contribution in [3.63, 3.8) is 0 Å². The molecule has 0 N–H and O–H groups in total. The number of benzene rings is 1. The van der Waals surface area contributed by atoms with Crippen molar-refractivity contribution in [2.45, 2.75) is 45.4 Å². The van der Waals surface area contributed by atoms with E-state index in [1.165, 1.54) is 17.5 Å². The van der Waals surface area contributed by atoms with Crippen LogP contribution in [0.15, 0.2) is 18.2 Å². The highest BCUT2D eigenvalue weighted by molar-refractivity contribution is 5.94. The monoisotopic (exact) mass is 202 g/mol. The Morgan fingerprint density at radius 3 is 2.67 bits per heavy atom. The van der Waals surface area contributed by atoms with Crippen LogP contribution in [0.1, 0.15) is 61.5 Å². The predicted octanol–water partition coefficient (Wildman–Crippen LogP) is 3.67. The molecule has 0 saturated heterocycles. The molecule has 1 aromatic carbocycles. The van der Waals surface area contributed by atoms with E-state index in [0.29, 0.717) is 5.92 Å². The SMILES string of the molecule is CC(=O)c1ccc2c(c1)C(C)CC2(C)C. The van der Waals surface area contributed by atoms with Gasteiger partial charge in [-0.25, -0.2) is 0 Å². The molecule has 1 heteroatoms. The van der Waals surface area contributed by atoms with Gasteiger partial charge in [-0.05, 0) is 41.9 Å². The molecule has 1 aromatic rings. The third kappa shape index (κ3) is 1.60. The molecule has 1 nitrogen and oxygen atoms in total. The summed E-state index contributed by atoms with van der Waals surface area (Å²) in [5.41, 5.74) is 3.90. The van der Waals surface area contributed by atoms with Crippen molar-refractivity contribution in [1.29, 1.82) is 0 Å². The van der Waals surface area contributed by atoms with Gasteiger partial charge in [0.25, 0.3) is 0 Å². The van der Waals surface area contributed by atoms with Crippen LogP contribution in [0.5, 0.6) is 0 Å². The Labute approximate surface area is 91.5 Å². The van der Waals surface area contributed by atoms with Crippen LogP contribution in [0.2, 0.25) is 0 Å². The van der Waals surface area contributed by atoms with Gasteiger partial charge in [0, 0.05) is 5.56 Å². The third-order valence-corrected chi connectivity index (χ3v) is 3.53. The van der Waals surface area contributed by atoms with Gasteiger partial charge < -0.3 is 0 Å². The number of fused-ring (bicyclic) bond motifs is 1. The molecule has 1 aliphatic carbocycles. The first-order valence-corrected chi connectivity index (χ1v) is 5.57. The summed E-state index contributed by atoms with van der Waals surface area (Å²) in [6.07, 6.45) is 1.18. The molecule has 1 unspecified atom stereocenters. The van der Waals surface area contributed by atoms with E-state index in [1.54, 1.807) is 6.92 Å². The topological polar surface area (TPSA) is 17.1 Å². The van der Waals surface area contributed by atoms with E-state index in [1.807, 2.05) is 6.07 Å². The molecule has 0 aromatic heterocycles. The molecule has 2 rings (SSSR count). The van der Waals surface area contributed by atoms with E-state index in [2.05, 4.69) is 32.9 Å². The smallest absolute Gasteiger partial charge is 0.159 e. The van der Waals surface area contributed by atoms with Gasteiger partial charge in [-0.15, -0.1) is 0 Å². The van der Waals surface area contributed by atoms with Gasteiger partial charge in [0.05, 0.1) is 0 Å². The van der Waals surface area contributed by atoms with Crippen LogP contribution in [0.25, 0.3) is 0 Å². The first kappa shape index (κ1) is 10.4. The molecule has 0 heterocycles. The lowest BCUT2D eigenvalue weighted by atomic mass is 9.86. The Morgan fingerprint density at radius 2 is 2.07 bits per heavy atom. The normalized spacial score (nSPS) is 22.5. The van der Waals surface area contributed by atoms with Crippen LogP contribution < -0.4 is 0 Å². The summed E-state index contributed by atoms with van der Waals surface area (Å²) in [7, 11) is 0. The summed E-state index contributed by atoms with van der Waals surface area (Å²) >= 11 is 0. The summed E-state index contributed by atoms with van der Waals surface area (Å²) in [5, 5.41) is 0. The quantitative estimate of drug-likeness (QED) is 0.635. The maximum atomic E-state index is 11.3. The van der Waals surface area contributed by atoms with E-state index >= 15 is 0 Å². The van der Waals surface area contributed by atoms with Crippen molar-refractivity contribution in [3.05, 3.63) is 34.9 Å². The maximum Gasteiger partial charge on any atom is 0.159 e. The van der Waals surface area contributed by atoms with Crippen molar-refractivity contribution >= 4 is 5.78 Å². The van der Waals surface area contributed by atoms with E-state index in [4.69, 9.17) is 0 Å². The summed E-state index contributed by atoms with van der Waals surface area (Å²) in [5.74, 6) is 0.740. The van der Waals surface area contributed by atoms with Gasteiger partial charge in [-0.1, -0.05) is 32.9 Å². The van der Waals surface area contributed by atoms with Crippen LogP contribution in [-0.4, -0.2) is 5.78 Å². The van der Waals surface area contributed by atoms with Gasteiger partial charge in [-0.2, -0.15) is 0 Å². The number of hydrogen-bond acceptors (Lipinski definition) is 1. The Bertz CT molecular complexity index is 415. The molecule has 1 aliphatic rings. The number of ketones is 1. The van der Waals surface area contributed by atoms with Gasteiger partial charge in [-0.3, -0.25) is 4.79 Å². The number of carbonyl (C=O) groups is 1. The average Bonchev–Trinajstić information content (AvgIpc) is 2.37. The van der Waals surface area contributed by atoms with Crippen molar-refractivity contribution in [2.75, 3.05) is 0 Å². The molecule has 0 aliphatic heterocycles. The van der Waals surface area contributed by atoms with Gasteiger partial charge >= 0.3 is 0 Å². The molecule has 1 atom stereocenters. The highest BCUT2D eigenvalue weighted by Gasteiger charge is 2.34. The minimum absolute atomic E-state index is 0.162. The second-order valence-electron chi connectivity index (χ2n) is 5.35. The molecule has 0 amide bonds. The fourth-order valence-corrected chi connectivity index (χ4v) is 2.79. The molecule has 0 fully saturated rings. The van der Waals surface area contributed by atoms with Crippen LogP contribution in [0.3, 0.4) is 0 Å². The second-order valence-corrected chi connectivity index (χ2v) is 5.35. The molecule has 0 spiro atoms. The Kier molecular flexibility index (Phi) is 2.22. The lowest BCUT2D eigenvalue weighted by molar-refractivity contribution is 0.101. The Morgan fingerprint density at radius 1 is 1.40 bits per heavy atom. The first-order chi connectivity index (χ1) is 6.92. The molecular weight excluding hydrogens is 184 g/mol. The summed E-state index contributed by atoms with van der Waals surface area (Å²) in [4.78, 5) is 11.3. The second kappa shape index (κ2) is 3.19. The van der Waals surface area contributed by atoms with Crippen molar-refractivity contribution < 1.29 is 4.79 Å². The standard InChI is InChI=1S/C14H18O/c1-9-8-14(3,4)13-6-5-11(10(2)15)7-12(9)13/h5-7,9H,8H2,1-4H3. The van der Waals surface area contributed by atoms with E-state index in [0.717, 1.165) is 5.56 Å². The summed E-state index contributed by atoms with van der Waals surface area (Å²) in [6.45, 7) is 8.44. The Hall–Kier alpha value is -1.11. The zero-order valence-electron chi connectivity index (χ0n) is 9.92. The molecule has 0 radical (unpaired) electrons. The van der Waals surface area contributed by atoms with Crippen LogP contribution in [0.4, 0.5) is 0 Å². The predicted molar refractivity (Wildman–Crippen MR) is 62.5 cm³/mol. The lowest BCUT2D eigenvalue weighted by Crippen LogP contribution is -2.12. The van der Waals surface area contributed by atoms with Gasteiger partial charge in [0.15, 0.2) is 5.78 Å². The Balaban J connectivity index is 2.55. The van der Waals surface area contributed by atoms with E-state index in [9.17, 15) is 4.79 Å². The minimum Gasteiger partial charge on any atom is -0.295 e. The number of carbonyl (C=O) groups excluding carboxylic acids is 1. The highest BCUT2D eigenvalue weighted by Crippen LogP contribution is 2.45. The summed E-state index contributed by atoms with van der Waals surface area (Å²) < 4.78 is 0. The third-order valence-electron chi connectivity index (χ3n) is 3.53. The zero-order valence-corrected chi connectivity index (χ0v) is 9.92. The maximum absolute atomic E-state index is 11.3. The van der Waals surface area contributed by atoms with Crippen LogP contribution >= 0.6 is 0 Å². The van der Waals surface area contributed by atoms with E-state index in [-0.39, 0.29) is 11.2 Å². The highest BCUT2D eigenvalue weighted by atomic mass is 16.1. The van der Waals surface area contributed by atoms with E-state index < -0.39 is 0 Å². The fraction of sp³-hybridized carbons (Fsp3) is 0.500. The van der Waals surface area contributed by atoms with Crippen molar-refractivity contribution in [2.24, 2.45) is 0 Å². The van der Waals surface area contributed by atoms with Gasteiger partial charge in [0.2, 0.25) is 0 Å². The fourth-order valence-electron chi connectivity index (χ4n) is 2.79. The molecular formula is C14H18O. The van der Waals surface area contributed by atoms with Gasteiger partial charge in [0.1, 0.15) is 0 Å². The lowest BCUT2D eigenvalue weighted by Gasteiger charge is -2.18. The molecule has 0 bridgehead atoms. The summed E-state index contributed by atoms with van der Waals surface area (Å²) in [6, 6.07) is 6.17. The van der Waals surface area contributed by atoms with Crippen LogP contribution in [-0.2, 0) is 5.41 Å². The molecule has 0 saturated carbocycles. The number of Topliss-reactive ketones (excluding diaryl/α,β-unsaturated/α-hetero) is 1. The van der Waals surface area contributed by atoms with Crippen molar-refractivity contribution in [1.82, 2.24) is 0 Å². The van der Waals surface area contributed by atoms with Crippen molar-refractivity contribution in [3.8, 4) is 0 Å². The first-order valence-electron chi connectivity index (χ1n) is 5.57. The minimum atomic E-state index is 0.162.